The van der Waals surface area contributed by atoms with Gasteiger partial charge in [-0.15, -0.1) is 0 Å². The molecular formula is C9H4Cl2NO4S. The molecule has 0 saturated carbocycles. The molecule has 0 saturated heterocycles. The molecule has 0 fully saturated rings. The Labute approximate surface area is 107 Å². The number of nitrogens with zero attached hydrogens (tertiary/aromatic N) is 1. The second kappa shape index (κ2) is 4.30. The normalized spacial score (nSPS) is 11.7. The van der Waals surface area contributed by atoms with Crippen LogP contribution in [0.3, 0.4) is 0 Å². The van der Waals surface area contributed by atoms with Gasteiger partial charge in [-0.25, -0.2) is 0 Å². The maximum Gasteiger partial charge on any atom is 0.477 e. The van der Waals surface area contributed by atoms with Gasteiger partial charge >= 0.3 is 10.4 Å². The molecule has 0 aliphatic rings. The van der Waals surface area contributed by atoms with Crippen molar-refractivity contribution in [2.45, 2.75) is 0 Å². The largest absolute Gasteiger partial charge is 0.477 e. The summed E-state index contributed by atoms with van der Waals surface area (Å²) in [6, 6.07) is 4.50. The molecule has 1 aromatic heterocycles. The molecule has 0 atom stereocenters. The first-order valence-electron chi connectivity index (χ1n) is 4.26. The van der Waals surface area contributed by atoms with E-state index in [1.807, 2.05) is 0 Å². The van der Waals surface area contributed by atoms with E-state index < -0.39 is 10.4 Å². The lowest BCUT2D eigenvalue weighted by atomic mass is 10.2. The van der Waals surface area contributed by atoms with Gasteiger partial charge in [0.05, 0.1) is 10.0 Å². The monoisotopic (exact) mass is 292 g/mol. The van der Waals surface area contributed by atoms with Crippen LogP contribution in [0.25, 0.3) is 10.9 Å². The molecule has 8 heteroatoms. The number of halogens is 2. The minimum atomic E-state index is -4.92. The number of hydrogen-bond acceptors (Lipinski definition) is 4. The molecule has 89 valence electrons. The maximum atomic E-state index is 10.6. The fraction of sp³-hybridized carbons (Fsp3) is 0. The van der Waals surface area contributed by atoms with Crippen LogP contribution in [-0.4, -0.2) is 13.4 Å². The summed E-state index contributed by atoms with van der Waals surface area (Å²) < 4.78 is 36.0. The molecule has 0 spiro atoms. The highest BCUT2D eigenvalue weighted by Crippen LogP contribution is 2.37. The molecule has 0 N–H and O–H groups in total. The SMILES string of the molecule is [O]S(=O)(=O)Oc1c(Cl)cc(Cl)c2cccnc12. The van der Waals surface area contributed by atoms with Crippen molar-refractivity contribution < 1.29 is 17.2 Å². The summed E-state index contributed by atoms with van der Waals surface area (Å²) in [6.45, 7) is 0. The van der Waals surface area contributed by atoms with Gasteiger partial charge in [0, 0.05) is 11.6 Å². The van der Waals surface area contributed by atoms with Gasteiger partial charge in [0.15, 0.2) is 5.75 Å². The molecule has 0 aliphatic carbocycles. The van der Waals surface area contributed by atoms with Crippen LogP contribution in [0.4, 0.5) is 0 Å². The molecule has 2 rings (SSSR count). The van der Waals surface area contributed by atoms with Gasteiger partial charge in [0.1, 0.15) is 5.52 Å². The fourth-order valence-corrected chi connectivity index (χ4v) is 2.30. The first kappa shape index (κ1) is 12.4. The summed E-state index contributed by atoms with van der Waals surface area (Å²) in [7, 11) is -4.92. The van der Waals surface area contributed by atoms with Crippen LogP contribution in [-0.2, 0) is 15.0 Å². The lowest BCUT2D eigenvalue weighted by Crippen LogP contribution is -2.06. The minimum Gasteiger partial charge on any atom is -0.356 e. The molecule has 1 heterocycles. The van der Waals surface area contributed by atoms with Crippen LogP contribution in [0.2, 0.25) is 10.0 Å². The van der Waals surface area contributed by atoms with E-state index in [4.69, 9.17) is 23.2 Å². The predicted octanol–water partition coefficient (Wildman–Crippen LogP) is 2.60. The summed E-state index contributed by atoms with van der Waals surface area (Å²) in [5.41, 5.74) is 0.115. The Bertz CT molecular complexity index is 687. The van der Waals surface area contributed by atoms with Crippen molar-refractivity contribution in [3.8, 4) is 5.75 Å². The third kappa shape index (κ3) is 2.61. The van der Waals surface area contributed by atoms with E-state index in [9.17, 15) is 13.0 Å². The van der Waals surface area contributed by atoms with Crippen molar-refractivity contribution >= 4 is 44.5 Å². The van der Waals surface area contributed by atoms with Crippen LogP contribution in [0.1, 0.15) is 0 Å². The maximum absolute atomic E-state index is 10.6. The van der Waals surface area contributed by atoms with Crippen LogP contribution < -0.4 is 4.18 Å². The van der Waals surface area contributed by atoms with Gasteiger partial charge in [-0.1, -0.05) is 27.8 Å². The quantitative estimate of drug-likeness (QED) is 0.852. The van der Waals surface area contributed by atoms with Crippen molar-refractivity contribution in [2.24, 2.45) is 0 Å². The van der Waals surface area contributed by atoms with Gasteiger partial charge in [-0.05, 0) is 18.2 Å². The lowest BCUT2D eigenvalue weighted by molar-refractivity contribution is 0.338. The zero-order valence-electron chi connectivity index (χ0n) is 8.05. The van der Waals surface area contributed by atoms with Crippen LogP contribution in [0.15, 0.2) is 24.4 Å². The summed E-state index contributed by atoms with van der Waals surface area (Å²) in [6.07, 6.45) is 1.40. The number of rotatable bonds is 2. The van der Waals surface area contributed by atoms with Gasteiger partial charge in [0.25, 0.3) is 0 Å². The molecule has 0 bridgehead atoms. The van der Waals surface area contributed by atoms with Crippen LogP contribution in [0, 0.1) is 0 Å². The average Bonchev–Trinajstić information content (AvgIpc) is 2.23. The second-order valence-corrected chi connectivity index (χ2v) is 4.86. The number of benzene rings is 1. The van der Waals surface area contributed by atoms with Gasteiger partial charge in [0.2, 0.25) is 0 Å². The second-order valence-electron chi connectivity index (χ2n) is 3.06. The summed E-state index contributed by atoms with van der Waals surface area (Å²) in [4.78, 5) is 3.89. The Morgan fingerprint density at radius 3 is 2.59 bits per heavy atom. The molecule has 0 unspecified atom stereocenters. The third-order valence-electron chi connectivity index (χ3n) is 1.94. The van der Waals surface area contributed by atoms with Crippen molar-refractivity contribution in [2.75, 3.05) is 0 Å². The lowest BCUT2D eigenvalue weighted by Gasteiger charge is -2.07. The van der Waals surface area contributed by atoms with Crippen molar-refractivity contribution in [1.29, 1.82) is 0 Å². The van der Waals surface area contributed by atoms with Gasteiger partial charge in [-0.2, -0.15) is 8.42 Å². The van der Waals surface area contributed by atoms with Gasteiger partial charge < -0.3 is 4.18 Å². The molecule has 5 nitrogen and oxygen atoms in total. The smallest absolute Gasteiger partial charge is 0.356 e. The Balaban J connectivity index is 2.78. The Kier molecular flexibility index (Phi) is 3.13. The van der Waals surface area contributed by atoms with E-state index in [-0.39, 0.29) is 21.3 Å². The highest BCUT2D eigenvalue weighted by Gasteiger charge is 2.18. The number of hydrogen-bond donors (Lipinski definition) is 0. The highest BCUT2D eigenvalue weighted by atomic mass is 35.5. The van der Waals surface area contributed by atoms with Gasteiger partial charge in [-0.3, -0.25) is 4.98 Å². The predicted molar refractivity (Wildman–Crippen MR) is 62.0 cm³/mol. The molecule has 17 heavy (non-hydrogen) atoms. The zero-order chi connectivity index (χ0) is 12.6. The highest BCUT2D eigenvalue weighted by molar-refractivity contribution is 7.81. The standard InChI is InChI=1S/C9H4Cl2NO4S/c10-6-4-7(11)9(16-17(13,14)15)8-5(6)2-1-3-12-8/h1-4H. The topological polar surface area (TPSA) is 76.2 Å². The van der Waals surface area contributed by atoms with E-state index >= 15 is 0 Å². The van der Waals surface area contributed by atoms with E-state index in [0.717, 1.165) is 0 Å². The minimum absolute atomic E-state index is 0.0966. The molecule has 0 amide bonds. The fourth-order valence-electron chi connectivity index (χ4n) is 1.33. The third-order valence-corrected chi connectivity index (χ3v) is 2.90. The van der Waals surface area contributed by atoms with Crippen molar-refractivity contribution in [3.63, 3.8) is 0 Å². The number of pyridine rings is 1. The van der Waals surface area contributed by atoms with Crippen molar-refractivity contribution in [1.82, 2.24) is 4.98 Å². The first-order valence-corrected chi connectivity index (χ1v) is 6.35. The Morgan fingerprint density at radius 1 is 1.24 bits per heavy atom. The summed E-state index contributed by atoms with van der Waals surface area (Å²) in [5.74, 6) is -0.318. The number of aromatic nitrogens is 1. The van der Waals surface area contributed by atoms with E-state index in [1.165, 1.54) is 12.3 Å². The van der Waals surface area contributed by atoms with E-state index in [1.54, 1.807) is 12.1 Å². The zero-order valence-corrected chi connectivity index (χ0v) is 10.4. The van der Waals surface area contributed by atoms with Crippen LogP contribution in [0.5, 0.6) is 5.75 Å². The molecular weight excluding hydrogens is 289 g/mol. The Morgan fingerprint density at radius 2 is 1.94 bits per heavy atom. The summed E-state index contributed by atoms with van der Waals surface area (Å²) >= 11 is 11.7. The number of fused-ring (bicyclic) bond motifs is 1. The molecule has 1 radical (unpaired) electrons. The van der Waals surface area contributed by atoms with E-state index in [2.05, 4.69) is 9.17 Å². The molecule has 2 aromatic rings. The van der Waals surface area contributed by atoms with Crippen molar-refractivity contribution in [3.05, 3.63) is 34.4 Å². The molecule has 0 aliphatic heterocycles. The average molecular weight is 293 g/mol. The summed E-state index contributed by atoms with van der Waals surface area (Å²) in [5, 5.41) is 0.631. The molecule has 1 aromatic carbocycles. The van der Waals surface area contributed by atoms with Crippen LogP contribution >= 0.6 is 23.2 Å². The first-order chi connectivity index (χ1) is 7.88. The van der Waals surface area contributed by atoms with E-state index in [0.29, 0.717) is 5.39 Å². The Hall–Kier alpha value is -1.08.